The molecule has 0 aliphatic rings. The summed E-state index contributed by atoms with van der Waals surface area (Å²) in [6.07, 6.45) is 0. The predicted molar refractivity (Wildman–Crippen MR) is 50.1 cm³/mol. The zero-order valence-electron chi connectivity index (χ0n) is 7.93. The molecule has 0 unspecified atom stereocenters. The molecule has 0 aromatic rings. The van der Waals surface area contributed by atoms with Crippen LogP contribution in [0, 0.1) is 11.8 Å². The largest absolute Gasteiger partial charge is 0.217 e. The molecule has 4 heteroatoms. The van der Waals surface area contributed by atoms with E-state index in [0.29, 0.717) is 0 Å². The average Bonchev–Trinajstić information content (AvgIpc) is 1.85. The van der Waals surface area contributed by atoms with Gasteiger partial charge in [0.25, 0.3) is 0 Å². The first-order chi connectivity index (χ1) is 5.31. The molecule has 0 saturated carbocycles. The lowest BCUT2D eigenvalue weighted by molar-refractivity contribution is 0.549. The third-order valence-corrected chi connectivity index (χ3v) is 3.47. The van der Waals surface area contributed by atoms with Gasteiger partial charge in [0.1, 0.15) is 0 Å². The number of sulfonamides is 1. The normalized spacial score (nSPS) is 12.0. The Labute approximate surface area is 74.6 Å². The SMILES string of the molecule is CC#CCNS(=O)(=O)C(C)(C)C. The van der Waals surface area contributed by atoms with E-state index in [1.165, 1.54) is 0 Å². The number of hydrogen-bond donors (Lipinski definition) is 1. The molecule has 0 bridgehead atoms. The van der Waals surface area contributed by atoms with Crippen molar-refractivity contribution >= 4 is 10.0 Å². The smallest absolute Gasteiger partial charge is 0.212 e. The van der Waals surface area contributed by atoms with Gasteiger partial charge in [-0.1, -0.05) is 5.92 Å². The molecule has 0 radical (unpaired) electrons. The molecule has 3 nitrogen and oxygen atoms in total. The van der Waals surface area contributed by atoms with Gasteiger partial charge in [0, 0.05) is 0 Å². The molecule has 70 valence electrons. The monoisotopic (exact) mass is 189 g/mol. The van der Waals surface area contributed by atoms with Crippen LogP contribution in [0.4, 0.5) is 0 Å². The first kappa shape index (κ1) is 11.5. The molecule has 0 atom stereocenters. The van der Waals surface area contributed by atoms with Crippen LogP contribution in [0.1, 0.15) is 27.7 Å². The Morgan fingerprint density at radius 1 is 1.33 bits per heavy atom. The average molecular weight is 189 g/mol. The summed E-state index contributed by atoms with van der Waals surface area (Å²) >= 11 is 0. The Balaban J connectivity index is 4.33. The van der Waals surface area contributed by atoms with Gasteiger partial charge in [-0.25, -0.2) is 13.1 Å². The Kier molecular flexibility index (Phi) is 3.75. The van der Waals surface area contributed by atoms with Gasteiger partial charge in [-0.05, 0) is 27.7 Å². The highest BCUT2D eigenvalue weighted by atomic mass is 32.2. The Morgan fingerprint density at radius 2 is 1.83 bits per heavy atom. The highest BCUT2D eigenvalue weighted by Crippen LogP contribution is 2.12. The molecule has 0 saturated heterocycles. The van der Waals surface area contributed by atoms with Crippen molar-refractivity contribution in [1.29, 1.82) is 0 Å². The minimum absolute atomic E-state index is 0.191. The molecule has 0 aromatic carbocycles. The van der Waals surface area contributed by atoms with Crippen LogP contribution in [-0.4, -0.2) is 19.7 Å². The van der Waals surface area contributed by atoms with E-state index in [-0.39, 0.29) is 6.54 Å². The van der Waals surface area contributed by atoms with Gasteiger partial charge in [-0.3, -0.25) is 0 Å². The highest BCUT2D eigenvalue weighted by Gasteiger charge is 2.27. The van der Waals surface area contributed by atoms with Crippen LogP contribution in [0.5, 0.6) is 0 Å². The fourth-order valence-electron chi connectivity index (χ4n) is 0.436. The zero-order chi connectivity index (χ0) is 9.83. The molecule has 0 aliphatic heterocycles. The molecule has 0 amide bonds. The lowest BCUT2D eigenvalue weighted by Crippen LogP contribution is -2.39. The van der Waals surface area contributed by atoms with Crippen LogP contribution in [0.15, 0.2) is 0 Å². The maximum absolute atomic E-state index is 11.3. The minimum Gasteiger partial charge on any atom is -0.212 e. The van der Waals surface area contributed by atoms with Crippen molar-refractivity contribution in [1.82, 2.24) is 4.72 Å². The molecule has 0 spiro atoms. The van der Waals surface area contributed by atoms with E-state index < -0.39 is 14.8 Å². The summed E-state index contributed by atoms with van der Waals surface area (Å²) in [5.41, 5.74) is 0. The second-order valence-electron chi connectivity index (χ2n) is 3.36. The number of hydrogen-bond acceptors (Lipinski definition) is 2. The molecule has 1 N–H and O–H groups in total. The lowest BCUT2D eigenvalue weighted by atomic mass is 10.3. The second kappa shape index (κ2) is 3.92. The number of nitrogens with one attached hydrogen (secondary N) is 1. The summed E-state index contributed by atoms with van der Waals surface area (Å²) in [4.78, 5) is 0. The molecule has 0 rings (SSSR count). The third kappa shape index (κ3) is 3.24. The lowest BCUT2D eigenvalue weighted by Gasteiger charge is -2.18. The summed E-state index contributed by atoms with van der Waals surface area (Å²) in [5, 5.41) is 0. The third-order valence-electron chi connectivity index (χ3n) is 1.33. The topological polar surface area (TPSA) is 46.2 Å². The van der Waals surface area contributed by atoms with Crippen molar-refractivity contribution in [3.05, 3.63) is 0 Å². The van der Waals surface area contributed by atoms with Crippen LogP contribution in [0.3, 0.4) is 0 Å². The summed E-state index contributed by atoms with van der Waals surface area (Å²) in [5.74, 6) is 5.25. The van der Waals surface area contributed by atoms with Crippen LogP contribution in [-0.2, 0) is 10.0 Å². The molecule has 12 heavy (non-hydrogen) atoms. The molecule has 0 heterocycles. The first-order valence-corrected chi connectivity index (χ1v) is 5.18. The van der Waals surface area contributed by atoms with E-state index in [1.807, 2.05) is 0 Å². The van der Waals surface area contributed by atoms with Crippen molar-refractivity contribution in [2.75, 3.05) is 6.54 Å². The van der Waals surface area contributed by atoms with E-state index >= 15 is 0 Å². The van der Waals surface area contributed by atoms with Gasteiger partial charge in [0.15, 0.2) is 0 Å². The fraction of sp³-hybridized carbons (Fsp3) is 0.750. The van der Waals surface area contributed by atoms with E-state index in [2.05, 4.69) is 16.6 Å². The van der Waals surface area contributed by atoms with E-state index in [1.54, 1.807) is 27.7 Å². The van der Waals surface area contributed by atoms with Crippen LogP contribution in [0.2, 0.25) is 0 Å². The van der Waals surface area contributed by atoms with Gasteiger partial charge in [0.2, 0.25) is 10.0 Å². The van der Waals surface area contributed by atoms with Gasteiger partial charge < -0.3 is 0 Å². The maximum Gasteiger partial charge on any atom is 0.217 e. The Morgan fingerprint density at radius 3 is 2.17 bits per heavy atom. The first-order valence-electron chi connectivity index (χ1n) is 3.70. The summed E-state index contributed by atoms with van der Waals surface area (Å²) in [6.45, 7) is 6.81. The zero-order valence-corrected chi connectivity index (χ0v) is 8.75. The van der Waals surface area contributed by atoms with E-state index in [9.17, 15) is 8.42 Å². The van der Waals surface area contributed by atoms with E-state index in [0.717, 1.165) is 0 Å². The van der Waals surface area contributed by atoms with Crippen molar-refractivity contribution in [2.24, 2.45) is 0 Å². The van der Waals surface area contributed by atoms with Crippen molar-refractivity contribution in [3.63, 3.8) is 0 Å². The van der Waals surface area contributed by atoms with Gasteiger partial charge in [-0.15, -0.1) is 5.92 Å². The van der Waals surface area contributed by atoms with Crippen molar-refractivity contribution in [2.45, 2.75) is 32.4 Å². The van der Waals surface area contributed by atoms with Crippen molar-refractivity contribution < 1.29 is 8.42 Å². The van der Waals surface area contributed by atoms with Gasteiger partial charge >= 0.3 is 0 Å². The maximum atomic E-state index is 11.3. The molecule has 0 fully saturated rings. The Hall–Kier alpha value is -0.530. The molecule has 0 aromatic heterocycles. The minimum atomic E-state index is -3.22. The summed E-state index contributed by atoms with van der Waals surface area (Å²) in [6, 6.07) is 0. The van der Waals surface area contributed by atoms with Gasteiger partial charge in [-0.2, -0.15) is 0 Å². The standard InChI is InChI=1S/C8H15NO2S/c1-5-6-7-9-12(10,11)8(2,3)4/h9H,7H2,1-4H3. The summed E-state index contributed by atoms with van der Waals surface area (Å²) < 4.78 is 24.3. The van der Waals surface area contributed by atoms with Crippen molar-refractivity contribution in [3.8, 4) is 11.8 Å². The molecular weight excluding hydrogens is 174 g/mol. The second-order valence-corrected chi connectivity index (χ2v) is 5.88. The quantitative estimate of drug-likeness (QED) is 0.651. The molecule has 0 aliphatic carbocycles. The van der Waals surface area contributed by atoms with Crippen LogP contribution >= 0.6 is 0 Å². The molecular formula is C8H15NO2S. The van der Waals surface area contributed by atoms with Gasteiger partial charge in [0.05, 0.1) is 11.3 Å². The van der Waals surface area contributed by atoms with Crippen LogP contribution in [0.25, 0.3) is 0 Å². The summed E-state index contributed by atoms with van der Waals surface area (Å²) in [7, 11) is -3.22. The van der Waals surface area contributed by atoms with Crippen LogP contribution < -0.4 is 4.72 Å². The number of rotatable bonds is 2. The predicted octanol–water partition coefficient (Wildman–Crippen LogP) is 0.728. The Bertz CT molecular complexity index is 287. The fourth-order valence-corrected chi connectivity index (χ4v) is 1.13. The highest BCUT2D eigenvalue weighted by molar-refractivity contribution is 7.90. The van der Waals surface area contributed by atoms with E-state index in [4.69, 9.17) is 0 Å².